The number of aryl methyl sites for hydroxylation is 1. The first-order valence-electron chi connectivity index (χ1n) is 8.63. The van der Waals surface area contributed by atoms with Crippen molar-refractivity contribution in [3.8, 4) is 0 Å². The average molecular weight is 350 g/mol. The van der Waals surface area contributed by atoms with Crippen molar-refractivity contribution in [2.75, 3.05) is 11.9 Å². The number of anilines is 1. The number of para-hydroxylation sites is 2. The predicted molar refractivity (Wildman–Crippen MR) is 98.1 cm³/mol. The lowest BCUT2D eigenvalue weighted by atomic mass is 10.2. The predicted octanol–water partition coefficient (Wildman–Crippen LogP) is 3.29. The van der Waals surface area contributed by atoms with Crippen molar-refractivity contribution in [3.05, 3.63) is 65.6 Å². The lowest BCUT2D eigenvalue weighted by molar-refractivity contribution is -0.128. The molecule has 1 fully saturated rings. The molecule has 0 spiro atoms. The molecule has 1 aromatic heterocycles. The summed E-state index contributed by atoms with van der Waals surface area (Å²) in [5.74, 6) is 0.403. The number of benzene rings is 2. The maximum Gasteiger partial charge on any atom is 0.245 e. The van der Waals surface area contributed by atoms with Gasteiger partial charge in [0, 0.05) is 13.1 Å². The van der Waals surface area contributed by atoms with Crippen LogP contribution in [0, 0.1) is 12.7 Å². The summed E-state index contributed by atoms with van der Waals surface area (Å²) in [5.41, 5.74) is 3.33. The minimum Gasteiger partial charge on any atom is -0.357 e. The van der Waals surface area contributed by atoms with Crippen LogP contribution in [0.1, 0.15) is 17.7 Å². The van der Waals surface area contributed by atoms with Gasteiger partial charge in [-0.1, -0.05) is 24.3 Å². The van der Waals surface area contributed by atoms with E-state index >= 15 is 0 Å². The first-order chi connectivity index (χ1) is 12.6. The number of nitrogens with zero attached hydrogens (tertiary/aromatic N) is 3. The minimum atomic E-state index is -0.315. The number of fused-ring (bicyclic) bond motifs is 1. The monoisotopic (exact) mass is 350 g/mol. The minimum absolute atomic E-state index is 0.0312. The normalized spacial score (nSPS) is 17.1. The molecule has 3 aromatic rings. The second-order valence-electron chi connectivity index (χ2n) is 6.52. The first kappa shape index (κ1) is 16.4. The van der Waals surface area contributed by atoms with Gasteiger partial charge in [0.1, 0.15) is 17.7 Å². The summed E-state index contributed by atoms with van der Waals surface area (Å²) >= 11 is 0. The maximum atomic E-state index is 13.0. The lowest BCUT2D eigenvalue weighted by Crippen LogP contribution is -2.33. The van der Waals surface area contributed by atoms with Crippen LogP contribution in [0.3, 0.4) is 0 Å². The summed E-state index contributed by atoms with van der Waals surface area (Å²) in [6.45, 7) is 3.03. The van der Waals surface area contributed by atoms with Crippen LogP contribution in [0.15, 0.2) is 48.5 Å². The van der Waals surface area contributed by atoms with Gasteiger partial charge in [0.05, 0.1) is 16.7 Å². The molecule has 1 atom stereocenters. The molecule has 0 aliphatic carbocycles. The van der Waals surface area contributed by atoms with Gasteiger partial charge in [-0.05, 0) is 43.2 Å². The Morgan fingerprint density at radius 3 is 2.54 bits per heavy atom. The molecule has 1 aliphatic rings. The maximum absolute atomic E-state index is 13.0. The molecule has 0 saturated carbocycles. The van der Waals surface area contributed by atoms with Gasteiger partial charge in [-0.3, -0.25) is 4.79 Å². The number of likely N-dealkylation sites (tertiary alicyclic amines) is 1. The number of halogens is 1. The molecule has 2 heterocycles. The van der Waals surface area contributed by atoms with Crippen LogP contribution < -0.4 is 5.32 Å². The zero-order valence-electron chi connectivity index (χ0n) is 14.4. The molecule has 26 heavy (non-hydrogen) atoms. The van der Waals surface area contributed by atoms with Crippen molar-refractivity contribution < 1.29 is 9.18 Å². The van der Waals surface area contributed by atoms with Crippen molar-refractivity contribution in [2.24, 2.45) is 0 Å². The van der Waals surface area contributed by atoms with Crippen molar-refractivity contribution in [3.63, 3.8) is 0 Å². The number of aromatic nitrogens is 2. The van der Waals surface area contributed by atoms with E-state index in [1.54, 1.807) is 17.0 Å². The molecule has 2 aromatic carbocycles. The molecule has 4 rings (SSSR count). The summed E-state index contributed by atoms with van der Waals surface area (Å²) < 4.78 is 13.0. The molecule has 6 heteroatoms. The quantitative estimate of drug-likeness (QED) is 0.784. The van der Waals surface area contributed by atoms with Gasteiger partial charge in [0.15, 0.2) is 0 Å². The molecule has 132 valence electrons. The van der Waals surface area contributed by atoms with E-state index in [4.69, 9.17) is 0 Å². The zero-order chi connectivity index (χ0) is 18.1. The molecule has 0 bridgehead atoms. The Morgan fingerprint density at radius 1 is 1.12 bits per heavy atom. The molecule has 5 nitrogen and oxygen atoms in total. The molecular weight excluding hydrogens is 331 g/mol. The van der Waals surface area contributed by atoms with Gasteiger partial charge in [0.2, 0.25) is 5.91 Å². The van der Waals surface area contributed by atoms with Crippen LogP contribution in [0.4, 0.5) is 10.2 Å². The number of rotatable bonds is 4. The summed E-state index contributed by atoms with van der Waals surface area (Å²) in [6, 6.07) is 13.6. The van der Waals surface area contributed by atoms with Gasteiger partial charge in [-0.15, -0.1) is 0 Å². The number of carbonyl (C=O) groups excluding carboxylic acids is 1. The van der Waals surface area contributed by atoms with E-state index in [1.165, 1.54) is 12.1 Å². The fraction of sp³-hybridized carbons (Fsp3) is 0.250. The molecule has 1 unspecified atom stereocenters. The third-order valence-corrected chi connectivity index (χ3v) is 4.64. The van der Waals surface area contributed by atoms with E-state index in [-0.39, 0.29) is 17.8 Å². The van der Waals surface area contributed by atoms with Crippen LogP contribution in [0.2, 0.25) is 0 Å². The van der Waals surface area contributed by atoms with Crippen molar-refractivity contribution in [1.29, 1.82) is 0 Å². The van der Waals surface area contributed by atoms with Gasteiger partial charge < -0.3 is 10.2 Å². The standard InChI is InChI=1S/C20H19FN4O/c1-13-19(23-17-5-3-2-4-16(17)22-13)24-18-10-11-25(20(18)26)12-14-6-8-15(21)9-7-14/h2-9,18H,10-12H2,1H3,(H,23,24). The summed E-state index contributed by atoms with van der Waals surface area (Å²) in [6.07, 6.45) is 0.702. The SMILES string of the molecule is Cc1nc2ccccc2nc1NC1CCN(Cc2ccc(F)cc2)C1=O. The van der Waals surface area contributed by atoms with Crippen LogP contribution >= 0.6 is 0 Å². The summed E-state index contributed by atoms with van der Waals surface area (Å²) in [5, 5.41) is 3.25. The number of carbonyl (C=O) groups is 1. The first-order valence-corrected chi connectivity index (χ1v) is 8.63. The van der Waals surface area contributed by atoms with Gasteiger partial charge in [-0.25, -0.2) is 14.4 Å². The Labute approximate surface area is 150 Å². The van der Waals surface area contributed by atoms with E-state index in [2.05, 4.69) is 15.3 Å². The van der Waals surface area contributed by atoms with Gasteiger partial charge >= 0.3 is 0 Å². The van der Waals surface area contributed by atoms with E-state index < -0.39 is 0 Å². The molecule has 1 saturated heterocycles. The summed E-state index contributed by atoms with van der Waals surface area (Å²) in [4.78, 5) is 23.6. The van der Waals surface area contributed by atoms with Crippen LogP contribution in [0.25, 0.3) is 11.0 Å². The Balaban J connectivity index is 1.48. The fourth-order valence-corrected chi connectivity index (χ4v) is 3.23. The highest BCUT2D eigenvalue weighted by Crippen LogP contribution is 2.21. The highest BCUT2D eigenvalue weighted by Gasteiger charge is 2.32. The Bertz CT molecular complexity index is 958. The Morgan fingerprint density at radius 2 is 1.81 bits per heavy atom. The van der Waals surface area contributed by atoms with Crippen molar-refractivity contribution in [1.82, 2.24) is 14.9 Å². The molecular formula is C20H19FN4O. The third kappa shape index (κ3) is 3.22. The highest BCUT2D eigenvalue weighted by atomic mass is 19.1. The number of nitrogens with one attached hydrogen (secondary N) is 1. The summed E-state index contributed by atoms with van der Waals surface area (Å²) in [7, 11) is 0. The second kappa shape index (κ2) is 6.71. The largest absolute Gasteiger partial charge is 0.357 e. The fourth-order valence-electron chi connectivity index (χ4n) is 3.23. The van der Waals surface area contributed by atoms with E-state index in [0.717, 1.165) is 22.3 Å². The van der Waals surface area contributed by atoms with E-state index in [9.17, 15) is 9.18 Å². The second-order valence-corrected chi connectivity index (χ2v) is 6.52. The molecule has 1 aliphatic heterocycles. The van der Waals surface area contributed by atoms with Crippen LogP contribution in [-0.4, -0.2) is 33.4 Å². The number of amides is 1. The lowest BCUT2D eigenvalue weighted by Gasteiger charge is -2.18. The van der Waals surface area contributed by atoms with E-state index in [1.807, 2.05) is 31.2 Å². The number of hydrogen-bond donors (Lipinski definition) is 1. The topological polar surface area (TPSA) is 58.1 Å². The van der Waals surface area contributed by atoms with Crippen molar-refractivity contribution in [2.45, 2.75) is 25.9 Å². The average Bonchev–Trinajstić information content (AvgIpc) is 2.97. The van der Waals surface area contributed by atoms with Crippen LogP contribution in [0.5, 0.6) is 0 Å². The highest BCUT2D eigenvalue weighted by molar-refractivity contribution is 5.87. The van der Waals surface area contributed by atoms with Crippen LogP contribution in [-0.2, 0) is 11.3 Å². The van der Waals surface area contributed by atoms with E-state index in [0.29, 0.717) is 25.3 Å². The molecule has 1 amide bonds. The van der Waals surface area contributed by atoms with Crippen molar-refractivity contribution >= 4 is 22.8 Å². The molecule has 1 N–H and O–H groups in total. The Kier molecular flexibility index (Phi) is 4.24. The molecule has 0 radical (unpaired) electrons. The number of hydrogen-bond acceptors (Lipinski definition) is 4. The van der Waals surface area contributed by atoms with Gasteiger partial charge in [-0.2, -0.15) is 0 Å². The van der Waals surface area contributed by atoms with Gasteiger partial charge in [0.25, 0.3) is 0 Å². The third-order valence-electron chi connectivity index (χ3n) is 4.64. The smallest absolute Gasteiger partial charge is 0.245 e. The Hall–Kier alpha value is -3.02. The zero-order valence-corrected chi connectivity index (χ0v) is 14.4.